The zero-order valence-corrected chi connectivity index (χ0v) is 12.6. The number of nitrogens with two attached hydrogens (primary N) is 1. The Balaban J connectivity index is 2.24. The third-order valence-electron chi connectivity index (χ3n) is 2.53. The molecule has 0 spiro atoms. The molecule has 2 N–H and O–H groups in total. The molecule has 4 nitrogen and oxygen atoms in total. The molecule has 0 aliphatic rings. The molecule has 1 aromatic heterocycles. The van der Waals surface area contributed by atoms with Crippen LogP contribution in [0.2, 0.25) is 8.67 Å². The number of thiophene rings is 1. The van der Waals surface area contributed by atoms with Gasteiger partial charge in [0, 0.05) is 5.56 Å². The van der Waals surface area contributed by atoms with Crippen LogP contribution in [0.1, 0.15) is 22.0 Å². The molecule has 0 aliphatic carbocycles. The van der Waals surface area contributed by atoms with Gasteiger partial charge in [0.25, 0.3) is 5.91 Å². The van der Waals surface area contributed by atoms with E-state index in [9.17, 15) is 14.0 Å². The molecule has 8 heteroatoms. The predicted octanol–water partition coefficient (Wildman–Crippen LogP) is 3.58. The Bertz CT molecular complexity index is 687. The van der Waals surface area contributed by atoms with Crippen molar-refractivity contribution in [2.75, 3.05) is 0 Å². The summed E-state index contributed by atoms with van der Waals surface area (Å²) in [6.45, 7) is 0. The van der Waals surface area contributed by atoms with Crippen molar-refractivity contribution in [2.24, 2.45) is 5.73 Å². The molecule has 0 radical (unpaired) electrons. The number of rotatable bonds is 4. The van der Waals surface area contributed by atoms with Crippen LogP contribution in [0.15, 0.2) is 30.3 Å². The third-order valence-corrected chi connectivity index (χ3v) is 4.02. The molecule has 0 saturated heterocycles. The molecular formula is C13H8Cl2FNO3S. The van der Waals surface area contributed by atoms with Crippen molar-refractivity contribution in [3.63, 3.8) is 0 Å². The summed E-state index contributed by atoms with van der Waals surface area (Å²) in [5.41, 5.74) is 5.51. The van der Waals surface area contributed by atoms with Crippen LogP contribution < -0.4 is 5.73 Å². The number of ether oxygens (including phenoxy) is 1. The van der Waals surface area contributed by atoms with E-state index in [0.29, 0.717) is 4.34 Å². The first-order valence-corrected chi connectivity index (χ1v) is 7.16. The normalized spacial score (nSPS) is 12.0. The molecule has 0 fully saturated rings. The van der Waals surface area contributed by atoms with E-state index in [-0.39, 0.29) is 15.5 Å². The minimum atomic E-state index is -1.34. The lowest BCUT2D eigenvalue weighted by Gasteiger charge is -2.14. The van der Waals surface area contributed by atoms with Gasteiger partial charge < -0.3 is 10.5 Å². The van der Waals surface area contributed by atoms with Gasteiger partial charge >= 0.3 is 5.97 Å². The maximum absolute atomic E-state index is 12.9. The molecule has 1 aromatic carbocycles. The molecule has 0 bridgehead atoms. The van der Waals surface area contributed by atoms with Gasteiger partial charge in [0.05, 0.1) is 9.90 Å². The van der Waals surface area contributed by atoms with Crippen molar-refractivity contribution >= 4 is 46.4 Å². The standard InChI is InChI=1S/C13H8Cl2FNO3S/c14-9-5-8(11(15)21-9)13(19)20-10(12(17)18)6-1-3-7(16)4-2-6/h1-5,10H,(H2,17,18)/t10-/m1/s1. The van der Waals surface area contributed by atoms with Crippen LogP contribution in [-0.2, 0) is 9.53 Å². The van der Waals surface area contributed by atoms with E-state index in [1.807, 2.05) is 0 Å². The SMILES string of the molecule is NC(=O)[C@H](OC(=O)c1cc(Cl)sc1Cl)c1ccc(F)cc1. The monoisotopic (exact) mass is 347 g/mol. The van der Waals surface area contributed by atoms with Gasteiger partial charge in [-0.15, -0.1) is 11.3 Å². The van der Waals surface area contributed by atoms with E-state index in [1.165, 1.54) is 18.2 Å². The summed E-state index contributed by atoms with van der Waals surface area (Å²) in [5.74, 6) is -2.20. The molecular weight excluding hydrogens is 340 g/mol. The number of halogens is 3. The van der Waals surface area contributed by atoms with Crippen LogP contribution in [0, 0.1) is 5.82 Å². The second kappa shape index (κ2) is 6.43. The fraction of sp³-hybridized carbons (Fsp3) is 0.0769. The molecule has 110 valence electrons. The fourth-order valence-corrected chi connectivity index (χ4v) is 3.02. The Hall–Kier alpha value is -1.63. The minimum Gasteiger partial charge on any atom is -0.444 e. The van der Waals surface area contributed by atoms with Crippen molar-refractivity contribution in [3.05, 3.63) is 55.9 Å². The van der Waals surface area contributed by atoms with Crippen LogP contribution >= 0.6 is 34.5 Å². The fourth-order valence-electron chi connectivity index (χ4n) is 1.58. The Labute approximate surface area is 133 Å². The van der Waals surface area contributed by atoms with Crippen LogP contribution in [0.25, 0.3) is 0 Å². The number of primary amides is 1. The smallest absolute Gasteiger partial charge is 0.341 e. The average molecular weight is 348 g/mol. The summed E-state index contributed by atoms with van der Waals surface area (Å²) in [5, 5.41) is 0. The van der Waals surface area contributed by atoms with Gasteiger partial charge in [-0.3, -0.25) is 4.79 Å². The summed E-state index contributed by atoms with van der Waals surface area (Å²) in [6, 6.07) is 6.21. The van der Waals surface area contributed by atoms with E-state index in [1.54, 1.807) is 0 Å². The number of esters is 1. The molecule has 1 heterocycles. The second-order valence-corrected chi connectivity index (χ2v) is 6.26. The quantitative estimate of drug-likeness (QED) is 0.859. The van der Waals surface area contributed by atoms with Crippen LogP contribution in [0.4, 0.5) is 4.39 Å². The molecule has 0 saturated carbocycles. The van der Waals surface area contributed by atoms with Crippen molar-refractivity contribution in [2.45, 2.75) is 6.10 Å². The first-order valence-electron chi connectivity index (χ1n) is 5.59. The maximum atomic E-state index is 12.9. The molecule has 2 rings (SSSR count). The number of carbonyl (C=O) groups excluding carboxylic acids is 2. The van der Waals surface area contributed by atoms with Crippen LogP contribution in [0.3, 0.4) is 0 Å². The van der Waals surface area contributed by atoms with Gasteiger partial charge in [0.2, 0.25) is 6.10 Å². The summed E-state index contributed by atoms with van der Waals surface area (Å²) in [4.78, 5) is 23.4. The predicted molar refractivity (Wildman–Crippen MR) is 78.1 cm³/mol. The number of benzene rings is 1. The first kappa shape index (κ1) is 15.8. The highest BCUT2D eigenvalue weighted by molar-refractivity contribution is 7.20. The van der Waals surface area contributed by atoms with Crippen LogP contribution in [0.5, 0.6) is 0 Å². The maximum Gasteiger partial charge on any atom is 0.341 e. The van der Waals surface area contributed by atoms with Gasteiger partial charge in [-0.25, -0.2) is 9.18 Å². The topological polar surface area (TPSA) is 69.4 Å². The average Bonchev–Trinajstić information content (AvgIpc) is 2.76. The summed E-state index contributed by atoms with van der Waals surface area (Å²) in [7, 11) is 0. The van der Waals surface area contributed by atoms with Gasteiger partial charge in [0.1, 0.15) is 10.2 Å². The second-order valence-electron chi connectivity index (χ2n) is 3.98. The summed E-state index contributed by atoms with van der Waals surface area (Å²) < 4.78 is 18.4. The van der Waals surface area contributed by atoms with E-state index in [0.717, 1.165) is 23.5 Å². The van der Waals surface area contributed by atoms with Crippen molar-refractivity contribution in [3.8, 4) is 0 Å². The molecule has 1 atom stereocenters. The number of amides is 1. The van der Waals surface area contributed by atoms with Crippen molar-refractivity contribution < 1.29 is 18.7 Å². The zero-order valence-electron chi connectivity index (χ0n) is 10.3. The Kier molecular flexibility index (Phi) is 4.82. The number of carbonyl (C=O) groups is 2. The highest BCUT2D eigenvalue weighted by atomic mass is 35.5. The van der Waals surface area contributed by atoms with Gasteiger partial charge in [-0.1, -0.05) is 35.3 Å². The van der Waals surface area contributed by atoms with Gasteiger partial charge in [-0.2, -0.15) is 0 Å². The summed E-state index contributed by atoms with van der Waals surface area (Å²) in [6.07, 6.45) is -1.34. The third kappa shape index (κ3) is 3.72. The van der Waals surface area contributed by atoms with E-state index < -0.39 is 23.8 Å². The van der Waals surface area contributed by atoms with E-state index in [2.05, 4.69) is 0 Å². The summed E-state index contributed by atoms with van der Waals surface area (Å²) >= 11 is 12.6. The van der Waals surface area contributed by atoms with E-state index >= 15 is 0 Å². The lowest BCUT2D eigenvalue weighted by Crippen LogP contribution is -2.26. The molecule has 0 aliphatic heterocycles. The molecule has 1 amide bonds. The number of hydrogen-bond donors (Lipinski definition) is 1. The molecule has 21 heavy (non-hydrogen) atoms. The molecule has 0 unspecified atom stereocenters. The Morgan fingerprint density at radius 3 is 2.33 bits per heavy atom. The van der Waals surface area contributed by atoms with Gasteiger partial charge in [0.15, 0.2) is 0 Å². The van der Waals surface area contributed by atoms with E-state index in [4.69, 9.17) is 33.7 Å². The van der Waals surface area contributed by atoms with Crippen molar-refractivity contribution in [1.82, 2.24) is 0 Å². The molecule has 2 aromatic rings. The lowest BCUT2D eigenvalue weighted by molar-refractivity contribution is -0.127. The lowest BCUT2D eigenvalue weighted by atomic mass is 10.1. The first-order chi connectivity index (χ1) is 9.88. The Morgan fingerprint density at radius 2 is 1.86 bits per heavy atom. The number of hydrogen-bond acceptors (Lipinski definition) is 4. The van der Waals surface area contributed by atoms with Crippen molar-refractivity contribution in [1.29, 1.82) is 0 Å². The largest absolute Gasteiger partial charge is 0.444 e. The Morgan fingerprint density at radius 1 is 1.24 bits per heavy atom. The highest BCUT2D eigenvalue weighted by Gasteiger charge is 2.25. The zero-order chi connectivity index (χ0) is 15.6. The highest BCUT2D eigenvalue weighted by Crippen LogP contribution is 2.32. The van der Waals surface area contributed by atoms with Crippen LogP contribution in [-0.4, -0.2) is 11.9 Å². The van der Waals surface area contributed by atoms with Gasteiger partial charge in [-0.05, 0) is 18.2 Å². The minimum absolute atomic E-state index is 0.0417.